The number of aromatic nitrogens is 3. The van der Waals surface area contributed by atoms with E-state index in [-0.39, 0.29) is 28.2 Å². The van der Waals surface area contributed by atoms with Gasteiger partial charge in [-0.05, 0) is 34.1 Å². The minimum absolute atomic E-state index is 0.0608. The van der Waals surface area contributed by atoms with Crippen molar-refractivity contribution in [3.8, 4) is 22.4 Å². The van der Waals surface area contributed by atoms with Gasteiger partial charge in [0, 0.05) is 35.3 Å². The van der Waals surface area contributed by atoms with Crippen LogP contribution in [-0.2, 0) is 6.18 Å². The molecule has 0 aliphatic carbocycles. The molecule has 0 aliphatic heterocycles. The van der Waals surface area contributed by atoms with Crippen molar-refractivity contribution in [2.24, 2.45) is 0 Å². The van der Waals surface area contributed by atoms with Gasteiger partial charge in [0.25, 0.3) is 0 Å². The molecular weight excluding hydrogens is 404 g/mol. The molecule has 0 aliphatic rings. The molecule has 25 heavy (non-hydrogen) atoms. The Bertz CT molecular complexity index is 944. The normalized spacial score (nSPS) is 11.6. The lowest BCUT2D eigenvalue weighted by Crippen LogP contribution is -2.06. The molecule has 0 spiro atoms. The van der Waals surface area contributed by atoms with Gasteiger partial charge >= 0.3 is 6.18 Å². The van der Waals surface area contributed by atoms with Gasteiger partial charge in [0.2, 0.25) is 0 Å². The monoisotopic (exact) mass is 412 g/mol. The first kappa shape index (κ1) is 17.3. The predicted molar refractivity (Wildman–Crippen MR) is 87.8 cm³/mol. The van der Waals surface area contributed by atoms with Crippen molar-refractivity contribution in [2.75, 3.05) is 5.73 Å². The van der Waals surface area contributed by atoms with Crippen LogP contribution < -0.4 is 5.73 Å². The van der Waals surface area contributed by atoms with Gasteiger partial charge in [-0.15, -0.1) is 0 Å². The highest BCUT2D eigenvalue weighted by Gasteiger charge is 2.31. The van der Waals surface area contributed by atoms with Crippen LogP contribution in [0.15, 0.2) is 47.5 Å². The van der Waals surface area contributed by atoms with Crippen molar-refractivity contribution >= 4 is 21.7 Å². The first-order chi connectivity index (χ1) is 11.8. The Labute approximate surface area is 147 Å². The van der Waals surface area contributed by atoms with Crippen molar-refractivity contribution in [3.05, 3.63) is 58.8 Å². The summed E-state index contributed by atoms with van der Waals surface area (Å²) in [6.07, 6.45) is -0.261. The highest BCUT2D eigenvalue weighted by Crippen LogP contribution is 2.37. The van der Waals surface area contributed by atoms with E-state index in [2.05, 4.69) is 30.9 Å². The van der Waals surface area contributed by atoms with Crippen LogP contribution in [0.3, 0.4) is 0 Å². The van der Waals surface area contributed by atoms with Crippen molar-refractivity contribution in [2.45, 2.75) is 6.18 Å². The summed E-state index contributed by atoms with van der Waals surface area (Å²) < 4.78 is 53.4. The number of halogens is 5. The molecule has 3 aromatic heterocycles. The molecule has 0 aromatic carbocycles. The average Bonchev–Trinajstić information content (AvgIpc) is 2.57. The van der Waals surface area contributed by atoms with E-state index in [9.17, 15) is 17.6 Å². The van der Waals surface area contributed by atoms with Crippen molar-refractivity contribution in [3.63, 3.8) is 0 Å². The van der Waals surface area contributed by atoms with Crippen molar-refractivity contribution in [1.29, 1.82) is 0 Å². The number of anilines is 1. The van der Waals surface area contributed by atoms with Crippen LogP contribution in [0.1, 0.15) is 5.56 Å². The molecule has 0 atom stereocenters. The Morgan fingerprint density at radius 2 is 1.76 bits per heavy atom. The fourth-order valence-corrected chi connectivity index (χ4v) is 2.56. The summed E-state index contributed by atoms with van der Waals surface area (Å²) in [4.78, 5) is 11.4. The fourth-order valence-electron chi connectivity index (χ4n) is 2.25. The first-order valence-electron chi connectivity index (χ1n) is 6.86. The molecule has 128 valence electrons. The molecule has 9 heteroatoms. The summed E-state index contributed by atoms with van der Waals surface area (Å²) in [5.41, 5.74) is 5.38. The number of pyridine rings is 3. The Balaban J connectivity index is 2.27. The molecule has 0 amide bonds. The van der Waals surface area contributed by atoms with Gasteiger partial charge in [0.05, 0.1) is 21.9 Å². The highest BCUT2D eigenvalue weighted by molar-refractivity contribution is 9.10. The van der Waals surface area contributed by atoms with Gasteiger partial charge in [0.15, 0.2) is 0 Å². The summed E-state index contributed by atoms with van der Waals surface area (Å²) in [5, 5.41) is 0. The maximum Gasteiger partial charge on any atom is 0.417 e. The number of rotatable bonds is 2. The summed E-state index contributed by atoms with van der Waals surface area (Å²) >= 11 is 3.20. The van der Waals surface area contributed by atoms with E-state index in [0.29, 0.717) is 10.7 Å². The summed E-state index contributed by atoms with van der Waals surface area (Å²) in [5.74, 6) is -0.576. The number of alkyl halides is 3. The molecule has 4 nitrogen and oxygen atoms in total. The molecule has 0 radical (unpaired) electrons. The molecule has 0 saturated heterocycles. The van der Waals surface area contributed by atoms with Crippen LogP contribution in [-0.4, -0.2) is 15.0 Å². The minimum atomic E-state index is -4.56. The van der Waals surface area contributed by atoms with Gasteiger partial charge in [-0.1, -0.05) is 0 Å². The van der Waals surface area contributed by atoms with E-state index in [0.717, 1.165) is 12.3 Å². The third-order valence-corrected chi connectivity index (χ3v) is 4.04. The van der Waals surface area contributed by atoms with Gasteiger partial charge in [-0.2, -0.15) is 13.2 Å². The van der Waals surface area contributed by atoms with Crippen molar-refractivity contribution < 1.29 is 17.6 Å². The molecule has 0 bridgehead atoms. The van der Waals surface area contributed by atoms with Gasteiger partial charge < -0.3 is 5.73 Å². The van der Waals surface area contributed by atoms with Crippen LogP contribution >= 0.6 is 15.9 Å². The van der Waals surface area contributed by atoms with E-state index < -0.39 is 17.6 Å². The Morgan fingerprint density at radius 1 is 1.00 bits per heavy atom. The average molecular weight is 413 g/mol. The molecule has 3 heterocycles. The van der Waals surface area contributed by atoms with E-state index in [1.807, 2.05) is 0 Å². The van der Waals surface area contributed by atoms with Crippen LogP contribution in [0.25, 0.3) is 22.4 Å². The molecule has 2 N–H and O–H groups in total. The molecular formula is C16H9BrF4N4. The summed E-state index contributed by atoms with van der Waals surface area (Å²) in [6, 6.07) is 3.79. The zero-order chi connectivity index (χ0) is 18.2. The van der Waals surface area contributed by atoms with Crippen LogP contribution in [0.4, 0.5) is 23.4 Å². The largest absolute Gasteiger partial charge is 0.417 e. The quantitative estimate of drug-likeness (QED) is 0.619. The standard InChI is InChI=1S/C16H9BrF4N4/c17-12-4-11(10-1-2-23-7-13(10)18)14(25-15(12)22)8-3-9(6-24-5-8)16(19,20)21/h1-7H,(H2,22,25). The van der Waals surface area contributed by atoms with E-state index in [4.69, 9.17) is 5.73 Å². The second-order valence-electron chi connectivity index (χ2n) is 5.07. The van der Waals surface area contributed by atoms with Crippen LogP contribution in [0, 0.1) is 5.82 Å². The van der Waals surface area contributed by atoms with E-state index in [1.54, 1.807) is 0 Å². The number of nitrogen functional groups attached to an aromatic ring is 1. The Morgan fingerprint density at radius 3 is 2.44 bits per heavy atom. The van der Waals surface area contributed by atoms with Crippen molar-refractivity contribution in [1.82, 2.24) is 15.0 Å². The maximum absolute atomic E-state index is 14.1. The minimum Gasteiger partial charge on any atom is -0.383 e. The highest BCUT2D eigenvalue weighted by atomic mass is 79.9. The lowest BCUT2D eigenvalue weighted by molar-refractivity contribution is -0.137. The molecule has 3 rings (SSSR count). The lowest BCUT2D eigenvalue weighted by Gasteiger charge is -2.13. The Hall–Kier alpha value is -2.55. The van der Waals surface area contributed by atoms with Gasteiger partial charge in [0.1, 0.15) is 11.6 Å². The SMILES string of the molecule is Nc1nc(-c2cncc(C(F)(F)F)c2)c(-c2ccncc2F)cc1Br. The molecule has 3 aromatic rings. The third-order valence-electron chi connectivity index (χ3n) is 3.40. The topological polar surface area (TPSA) is 64.7 Å². The lowest BCUT2D eigenvalue weighted by atomic mass is 10.00. The van der Waals surface area contributed by atoms with Crippen LogP contribution in [0.5, 0.6) is 0 Å². The predicted octanol–water partition coefficient (Wildman–Crippen LogP) is 4.71. The third kappa shape index (κ3) is 3.46. The van der Waals surface area contributed by atoms with E-state index in [1.165, 1.54) is 24.5 Å². The second kappa shape index (κ2) is 6.40. The van der Waals surface area contributed by atoms with Gasteiger partial charge in [-0.3, -0.25) is 9.97 Å². The second-order valence-corrected chi connectivity index (χ2v) is 5.92. The number of nitrogens with two attached hydrogens (primary N) is 1. The molecule has 0 fully saturated rings. The molecule has 0 unspecified atom stereocenters. The smallest absolute Gasteiger partial charge is 0.383 e. The Kier molecular flexibility index (Phi) is 4.42. The number of hydrogen-bond acceptors (Lipinski definition) is 4. The summed E-state index contributed by atoms with van der Waals surface area (Å²) in [6.45, 7) is 0. The zero-order valence-electron chi connectivity index (χ0n) is 12.4. The van der Waals surface area contributed by atoms with Gasteiger partial charge in [-0.25, -0.2) is 9.37 Å². The fraction of sp³-hybridized carbons (Fsp3) is 0.0625. The number of nitrogens with zero attached hydrogens (tertiary/aromatic N) is 3. The van der Waals surface area contributed by atoms with E-state index >= 15 is 0 Å². The number of hydrogen-bond donors (Lipinski definition) is 1. The zero-order valence-corrected chi connectivity index (χ0v) is 13.9. The first-order valence-corrected chi connectivity index (χ1v) is 7.65. The maximum atomic E-state index is 14.1. The van der Waals surface area contributed by atoms with Crippen LogP contribution in [0.2, 0.25) is 0 Å². The molecule has 0 saturated carbocycles. The summed E-state index contributed by atoms with van der Waals surface area (Å²) in [7, 11) is 0.